The number of likely N-dealkylation sites (tertiary alicyclic amines) is 1. The molecule has 1 aliphatic heterocycles. The molecule has 0 bridgehead atoms. The highest BCUT2D eigenvalue weighted by molar-refractivity contribution is 14.0. The molecule has 0 saturated carbocycles. The van der Waals surface area contributed by atoms with Gasteiger partial charge in [-0.15, -0.1) is 24.0 Å². The molecule has 0 aliphatic carbocycles. The number of aromatic hydroxyl groups is 1. The number of nitrogens with one attached hydrogen (secondary N) is 1. The molecule has 7 heteroatoms. The van der Waals surface area contributed by atoms with Gasteiger partial charge in [-0.25, -0.2) is 4.99 Å². The fraction of sp³-hybridized carbons (Fsp3) is 0.650. The van der Waals surface area contributed by atoms with Crippen molar-refractivity contribution in [2.45, 2.75) is 33.7 Å². The molecule has 2 rings (SSSR count). The summed E-state index contributed by atoms with van der Waals surface area (Å²) in [5.41, 5.74) is 0.777. The average molecular weight is 490 g/mol. The van der Waals surface area contributed by atoms with Crippen LogP contribution in [0.4, 0.5) is 0 Å². The van der Waals surface area contributed by atoms with Crippen molar-refractivity contribution in [3.05, 3.63) is 23.8 Å². The second kappa shape index (κ2) is 12.3. The molecule has 1 fully saturated rings. The van der Waals surface area contributed by atoms with Crippen molar-refractivity contribution in [1.82, 2.24) is 15.1 Å². The Morgan fingerprint density at radius 1 is 1.33 bits per heavy atom. The SMILES string of the molecule is CCNC(=NCc1cc(OC)ccc1O)N1CCC(CN(CC)CC)C1.I. The van der Waals surface area contributed by atoms with Crippen LogP contribution in [0, 0.1) is 5.92 Å². The number of methoxy groups -OCH3 is 1. The lowest BCUT2D eigenvalue weighted by atomic mass is 10.1. The van der Waals surface area contributed by atoms with Crippen LogP contribution in [0.2, 0.25) is 0 Å². The zero-order valence-electron chi connectivity index (χ0n) is 17.1. The van der Waals surface area contributed by atoms with Crippen LogP contribution in [0.5, 0.6) is 11.5 Å². The van der Waals surface area contributed by atoms with E-state index in [9.17, 15) is 5.11 Å². The number of phenols is 1. The summed E-state index contributed by atoms with van der Waals surface area (Å²) in [5.74, 6) is 2.60. The van der Waals surface area contributed by atoms with Crippen LogP contribution in [0.25, 0.3) is 0 Å². The predicted molar refractivity (Wildman–Crippen MR) is 122 cm³/mol. The Labute approximate surface area is 181 Å². The number of guanidine groups is 1. The summed E-state index contributed by atoms with van der Waals surface area (Å²) in [6.07, 6.45) is 1.20. The van der Waals surface area contributed by atoms with Gasteiger partial charge in [-0.1, -0.05) is 13.8 Å². The number of halogens is 1. The molecule has 1 aromatic carbocycles. The van der Waals surface area contributed by atoms with Crippen LogP contribution >= 0.6 is 24.0 Å². The van der Waals surface area contributed by atoms with Crippen molar-refractivity contribution in [1.29, 1.82) is 0 Å². The summed E-state index contributed by atoms with van der Waals surface area (Å²) in [6.45, 7) is 13.2. The third-order valence-electron chi connectivity index (χ3n) is 5.02. The lowest BCUT2D eigenvalue weighted by Crippen LogP contribution is -2.40. The molecule has 2 N–H and O–H groups in total. The third kappa shape index (κ3) is 7.03. The van der Waals surface area contributed by atoms with Gasteiger partial charge in [-0.2, -0.15) is 0 Å². The maximum Gasteiger partial charge on any atom is 0.194 e. The number of benzene rings is 1. The van der Waals surface area contributed by atoms with Gasteiger partial charge in [0.2, 0.25) is 0 Å². The Balaban J connectivity index is 0.00000364. The minimum absolute atomic E-state index is 0. The van der Waals surface area contributed by atoms with E-state index in [1.54, 1.807) is 19.2 Å². The van der Waals surface area contributed by atoms with E-state index >= 15 is 0 Å². The van der Waals surface area contributed by atoms with E-state index in [4.69, 9.17) is 9.73 Å². The highest BCUT2D eigenvalue weighted by Crippen LogP contribution is 2.24. The maximum atomic E-state index is 10.1. The van der Waals surface area contributed by atoms with Gasteiger partial charge < -0.3 is 25.0 Å². The molecule has 0 radical (unpaired) electrons. The smallest absolute Gasteiger partial charge is 0.194 e. The zero-order chi connectivity index (χ0) is 18.9. The van der Waals surface area contributed by atoms with Gasteiger partial charge in [-0.05, 0) is 50.6 Å². The molecular weight excluding hydrogens is 455 g/mol. The van der Waals surface area contributed by atoms with Gasteiger partial charge in [0.1, 0.15) is 11.5 Å². The minimum Gasteiger partial charge on any atom is -0.508 e. The molecule has 0 amide bonds. The number of hydrogen-bond donors (Lipinski definition) is 2. The standard InChI is InChI=1S/C20H34N4O2.HI/c1-5-21-20(22-13-17-12-18(26-4)8-9-19(17)25)24-11-10-16(15-24)14-23(6-2)7-3;/h8-9,12,16,25H,5-7,10-11,13-15H2,1-4H3,(H,21,22);1H. The van der Waals surface area contributed by atoms with Gasteiger partial charge in [0.25, 0.3) is 0 Å². The zero-order valence-corrected chi connectivity index (χ0v) is 19.4. The molecule has 1 saturated heterocycles. The number of nitrogens with zero attached hydrogens (tertiary/aromatic N) is 3. The van der Waals surface area contributed by atoms with E-state index in [0.717, 1.165) is 56.5 Å². The average Bonchev–Trinajstić information content (AvgIpc) is 3.12. The number of ether oxygens (including phenoxy) is 1. The Hall–Kier alpha value is -1.22. The normalized spacial score (nSPS) is 17.1. The van der Waals surface area contributed by atoms with Gasteiger partial charge in [0, 0.05) is 31.7 Å². The first-order chi connectivity index (χ1) is 12.6. The van der Waals surface area contributed by atoms with Gasteiger partial charge in [-0.3, -0.25) is 0 Å². The van der Waals surface area contributed by atoms with Gasteiger partial charge in [0.05, 0.1) is 13.7 Å². The number of phenolic OH excluding ortho intramolecular Hbond substituents is 1. The third-order valence-corrected chi connectivity index (χ3v) is 5.02. The van der Waals surface area contributed by atoms with Crippen molar-refractivity contribution < 1.29 is 9.84 Å². The quantitative estimate of drug-likeness (QED) is 0.333. The lowest BCUT2D eigenvalue weighted by molar-refractivity contribution is 0.255. The van der Waals surface area contributed by atoms with Crippen molar-refractivity contribution in [2.75, 3.05) is 46.4 Å². The largest absolute Gasteiger partial charge is 0.508 e. The van der Waals surface area contributed by atoms with E-state index < -0.39 is 0 Å². The first-order valence-electron chi connectivity index (χ1n) is 9.72. The molecule has 27 heavy (non-hydrogen) atoms. The molecule has 0 spiro atoms. The maximum absolute atomic E-state index is 10.1. The summed E-state index contributed by atoms with van der Waals surface area (Å²) in [4.78, 5) is 9.59. The molecule has 1 aliphatic rings. The molecule has 1 unspecified atom stereocenters. The Kier molecular flexibility index (Phi) is 10.8. The van der Waals surface area contributed by atoms with Gasteiger partial charge in [0.15, 0.2) is 5.96 Å². The van der Waals surface area contributed by atoms with Crippen molar-refractivity contribution in [3.63, 3.8) is 0 Å². The van der Waals surface area contributed by atoms with Crippen LogP contribution in [0.15, 0.2) is 23.2 Å². The molecule has 154 valence electrons. The second-order valence-corrected chi connectivity index (χ2v) is 6.75. The number of hydrogen-bond acceptors (Lipinski definition) is 4. The Bertz CT molecular complexity index is 593. The van der Waals surface area contributed by atoms with Crippen LogP contribution < -0.4 is 10.1 Å². The highest BCUT2D eigenvalue weighted by Gasteiger charge is 2.25. The summed E-state index contributed by atoms with van der Waals surface area (Å²) >= 11 is 0. The topological polar surface area (TPSA) is 60.3 Å². The van der Waals surface area contributed by atoms with Crippen LogP contribution in [-0.4, -0.2) is 67.2 Å². The summed E-state index contributed by atoms with van der Waals surface area (Å²) in [7, 11) is 1.63. The van der Waals surface area contributed by atoms with E-state index in [1.165, 1.54) is 6.42 Å². The number of aliphatic imine (C=N–C) groups is 1. The fourth-order valence-electron chi connectivity index (χ4n) is 3.42. The molecule has 6 nitrogen and oxygen atoms in total. The van der Waals surface area contributed by atoms with E-state index in [0.29, 0.717) is 12.5 Å². The highest BCUT2D eigenvalue weighted by atomic mass is 127. The Morgan fingerprint density at radius 3 is 2.70 bits per heavy atom. The van der Waals surface area contributed by atoms with Crippen molar-refractivity contribution in [3.8, 4) is 11.5 Å². The van der Waals surface area contributed by atoms with Gasteiger partial charge >= 0.3 is 0 Å². The molecule has 0 aromatic heterocycles. The monoisotopic (exact) mass is 490 g/mol. The summed E-state index contributed by atoms with van der Waals surface area (Å²) in [5, 5.41) is 13.5. The summed E-state index contributed by atoms with van der Waals surface area (Å²) < 4.78 is 5.25. The lowest BCUT2D eigenvalue weighted by Gasteiger charge is -2.24. The summed E-state index contributed by atoms with van der Waals surface area (Å²) in [6, 6.07) is 5.26. The number of rotatable bonds is 8. The second-order valence-electron chi connectivity index (χ2n) is 6.75. The van der Waals surface area contributed by atoms with E-state index in [-0.39, 0.29) is 29.7 Å². The molecule has 1 aromatic rings. The molecular formula is C20H35IN4O2. The molecule has 1 atom stereocenters. The minimum atomic E-state index is 0. The van der Waals surface area contributed by atoms with E-state index in [2.05, 4.69) is 35.9 Å². The first-order valence-corrected chi connectivity index (χ1v) is 9.72. The first kappa shape index (κ1) is 23.8. The van der Waals surface area contributed by atoms with Crippen molar-refractivity contribution in [2.24, 2.45) is 10.9 Å². The predicted octanol–water partition coefficient (Wildman–Crippen LogP) is 3.15. The van der Waals surface area contributed by atoms with Crippen LogP contribution in [-0.2, 0) is 6.54 Å². The van der Waals surface area contributed by atoms with Crippen LogP contribution in [0.1, 0.15) is 32.8 Å². The fourth-order valence-corrected chi connectivity index (χ4v) is 3.42. The van der Waals surface area contributed by atoms with Crippen molar-refractivity contribution >= 4 is 29.9 Å². The van der Waals surface area contributed by atoms with Crippen LogP contribution in [0.3, 0.4) is 0 Å². The van der Waals surface area contributed by atoms with E-state index in [1.807, 2.05) is 6.07 Å². The molecule has 1 heterocycles. The Morgan fingerprint density at radius 2 is 2.07 bits per heavy atom.